The molecule has 0 saturated heterocycles. The highest BCUT2D eigenvalue weighted by Gasteiger charge is 2.29. The molecule has 19 heavy (non-hydrogen) atoms. The van der Waals surface area contributed by atoms with E-state index in [4.69, 9.17) is 28.3 Å². The van der Waals surface area contributed by atoms with E-state index in [0.717, 1.165) is 0 Å². The van der Waals surface area contributed by atoms with Crippen LogP contribution in [0.15, 0.2) is 11.0 Å². The van der Waals surface area contributed by atoms with Crippen molar-refractivity contribution in [3.63, 3.8) is 0 Å². The first-order valence-electron chi connectivity index (χ1n) is 5.83. The average molecular weight is 326 g/mol. The number of benzene rings is 1. The highest BCUT2D eigenvalue weighted by atomic mass is 35.5. The Kier molecular flexibility index (Phi) is 5.65. The maximum atomic E-state index is 12.6. The standard InChI is InChI=1S/C12H17Cl2NO3S/c1-4-15(5-6-16)19(17,18)12-9(3)10(13)7-8(2)11(12)14/h7,16H,4-6H2,1-3H3. The Hall–Kier alpha value is -0.330. The van der Waals surface area contributed by atoms with Gasteiger partial charge in [-0.1, -0.05) is 30.1 Å². The monoisotopic (exact) mass is 325 g/mol. The molecule has 108 valence electrons. The summed E-state index contributed by atoms with van der Waals surface area (Å²) in [5.41, 5.74) is 1.03. The molecule has 0 fully saturated rings. The Bertz CT molecular complexity index is 547. The van der Waals surface area contributed by atoms with Crippen LogP contribution in [0.4, 0.5) is 0 Å². The largest absolute Gasteiger partial charge is 0.395 e. The van der Waals surface area contributed by atoms with E-state index in [9.17, 15) is 8.42 Å². The van der Waals surface area contributed by atoms with Gasteiger partial charge < -0.3 is 5.11 Å². The average Bonchev–Trinajstić information content (AvgIpc) is 2.33. The van der Waals surface area contributed by atoms with Gasteiger partial charge in [-0.2, -0.15) is 4.31 Å². The summed E-state index contributed by atoms with van der Waals surface area (Å²) < 4.78 is 26.3. The van der Waals surface area contributed by atoms with Crippen molar-refractivity contribution >= 4 is 33.2 Å². The van der Waals surface area contributed by atoms with Crippen LogP contribution in [0.5, 0.6) is 0 Å². The van der Waals surface area contributed by atoms with Gasteiger partial charge in [-0.15, -0.1) is 0 Å². The molecular weight excluding hydrogens is 309 g/mol. The summed E-state index contributed by atoms with van der Waals surface area (Å²) in [6.45, 7) is 5.06. The molecular formula is C12H17Cl2NO3S. The molecule has 1 N–H and O–H groups in total. The third-order valence-corrected chi connectivity index (χ3v) is 6.03. The quantitative estimate of drug-likeness (QED) is 0.905. The summed E-state index contributed by atoms with van der Waals surface area (Å²) in [7, 11) is -3.76. The minimum Gasteiger partial charge on any atom is -0.395 e. The number of rotatable bonds is 5. The lowest BCUT2D eigenvalue weighted by atomic mass is 10.2. The molecule has 4 nitrogen and oxygen atoms in total. The van der Waals surface area contributed by atoms with Crippen molar-refractivity contribution in [2.45, 2.75) is 25.7 Å². The van der Waals surface area contributed by atoms with Crippen LogP contribution in [-0.2, 0) is 10.0 Å². The minimum atomic E-state index is -3.76. The van der Waals surface area contributed by atoms with E-state index in [0.29, 0.717) is 16.1 Å². The summed E-state index contributed by atoms with van der Waals surface area (Å²) in [5.74, 6) is 0. The molecule has 0 spiro atoms. The van der Waals surface area contributed by atoms with Gasteiger partial charge in [0, 0.05) is 18.1 Å². The number of aliphatic hydroxyl groups excluding tert-OH is 1. The third kappa shape index (κ3) is 3.23. The maximum Gasteiger partial charge on any atom is 0.244 e. The number of hydrogen-bond acceptors (Lipinski definition) is 3. The van der Waals surface area contributed by atoms with Gasteiger partial charge in [0.1, 0.15) is 4.90 Å². The minimum absolute atomic E-state index is 0.0227. The Morgan fingerprint density at radius 2 is 1.89 bits per heavy atom. The molecule has 0 saturated carbocycles. The van der Waals surface area contributed by atoms with Gasteiger partial charge in [-0.3, -0.25) is 0 Å². The summed E-state index contributed by atoms with van der Waals surface area (Å²) in [4.78, 5) is 0.0227. The van der Waals surface area contributed by atoms with Crippen LogP contribution in [0, 0.1) is 13.8 Å². The zero-order valence-corrected chi connectivity index (χ0v) is 13.4. The molecule has 0 unspecified atom stereocenters. The SMILES string of the molecule is CCN(CCO)S(=O)(=O)c1c(C)c(Cl)cc(C)c1Cl. The Morgan fingerprint density at radius 3 is 2.37 bits per heavy atom. The van der Waals surface area contributed by atoms with Crippen LogP contribution < -0.4 is 0 Å². The Morgan fingerprint density at radius 1 is 1.32 bits per heavy atom. The van der Waals surface area contributed by atoms with Crippen LogP contribution in [0.3, 0.4) is 0 Å². The molecule has 1 rings (SSSR count). The smallest absolute Gasteiger partial charge is 0.244 e. The van der Waals surface area contributed by atoms with Gasteiger partial charge in [0.2, 0.25) is 10.0 Å². The molecule has 0 aliphatic rings. The molecule has 1 aromatic rings. The van der Waals surface area contributed by atoms with E-state index < -0.39 is 10.0 Å². The van der Waals surface area contributed by atoms with Crippen LogP contribution in [0.25, 0.3) is 0 Å². The Balaban J connectivity index is 3.52. The summed E-state index contributed by atoms with van der Waals surface area (Å²) in [6.07, 6.45) is 0. The lowest BCUT2D eigenvalue weighted by molar-refractivity contribution is 0.257. The zero-order chi connectivity index (χ0) is 14.8. The molecule has 0 aromatic heterocycles. The number of likely N-dealkylation sites (N-methyl/N-ethyl adjacent to an activating group) is 1. The van der Waals surface area contributed by atoms with Gasteiger partial charge >= 0.3 is 0 Å². The van der Waals surface area contributed by atoms with Crippen molar-refractivity contribution in [1.29, 1.82) is 0 Å². The van der Waals surface area contributed by atoms with Gasteiger partial charge in [0.05, 0.1) is 11.6 Å². The number of aliphatic hydroxyl groups is 1. The topological polar surface area (TPSA) is 57.6 Å². The fourth-order valence-electron chi connectivity index (χ4n) is 1.81. The normalized spacial score (nSPS) is 12.2. The van der Waals surface area contributed by atoms with Gasteiger partial charge in [0.15, 0.2) is 0 Å². The zero-order valence-electron chi connectivity index (χ0n) is 11.1. The predicted molar refractivity (Wildman–Crippen MR) is 77.5 cm³/mol. The van der Waals surface area contributed by atoms with Gasteiger partial charge in [-0.25, -0.2) is 8.42 Å². The van der Waals surface area contributed by atoms with Gasteiger partial charge in [0.25, 0.3) is 0 Å². The highest BCUT2D eigenvalue weighted by molar-refractivity contribution is 7.89. The second-order valence-electron chi connectivity index (χ2n) is 4.16. The van der Waals surface area contributed by atoms with Crippen molar-refractivity contribution < 1.29 is 13.5 Å². The number of aryl methyl sites for hydroxylation is 1. The van der Waals surface area contributed by atoms with E-state index >= 15 is 0 Å². The molecule has 0 bridgehead atoms. The number of nitrogens with zero attached hydrogens (tertiary/aromatic N) is 1. The molecule has 0 aliphatic carbocycles. The fourth-order valence-corrected chi connectivity index (χ4v) is 4.42. The van der Waals surface area contributed by atoms with Crippen LogP contribution in [0.2, 0.25) is 10.0 Å². The second kappa shape index (κ2) is 6.41. The first kappa shape index (κ1) is 16.7. The molecule has 1 aromatic carbocycles. The van der Waals surface area contributed by atoms with E-state index in [1.165, 1.54) is 4.31 Å². The predicted octanol–water partition coefficient (Wildman–Crippen LogP) is 2.61. The van der Waals surface area contributed by atoms with Crippen molar-refractivity contribution in [2.24, 2.45) is 0 Å². The van der Waals surface area contributed by atoms with Crippen molar-refractivity contribution in [2.75, 3.05) is 19.7 Å². The van der Waals surface area contributed by atoms with Crippen LogP contribution in [0.1, 0.15) is 18.1 Å². The molecule has 7 heteroatoms. The molecule has 0 radical (unpaired) electrons. The lowest BCUT2D eigenvalue weighted by Crippen LogP contribution is -2.34. The number of hydrogen-bond donors (Lipinski definition) is 1. The highest BCUT2D eigenvalue weighted by Crippen LogP contribution is 2.34. The van der Waals surface area contributed by atoms with Crippen molar-refractivity contribution in [3.05, 3.63) is 27.2 Å². The number of halogens is 2. The van der Waals surface area contributed by atoms with E-state index in [2.05, 4.69) is 0 Å². The summed E-state index contributed by atoms with van der Waals surface area (Å²) >= 11 is 12.2. The van der Waals surface area contributed by atoms with E-state index in [-0.39, 0.29) is 29.6 Å². The first-order valence-corrected chi connectivity index (χ1v) is 8.03. The van der Waals surface area contributed by atoms with E-state index in [1.54, 1.807) is 26.8 Å². The fraction of sp³-hybridized carbons (Fsp3) is 0.500. The summed E-state index contributed by atoms with van der Waals surface area (Å²) in [6, 6.07) is 1.64. The van der Waals surface area contributed by atoms with E-state index in [1.807, 2.05) is 0 Å². The van der Waals surface area contributed by atoms with Crippen LogP contribution in [-0.4, -0.2) is 37.5 Å². The summed E-state index contributed by atoms with van der Waals surface area (Å²) in [5, 5.41) is 9.50. The maximum absolute atomic E-state index is 12.6. The number of sulfonamides is 1. The lowest BCUT2D eigenvalue weighted by Gasteiger charge is -2.22. The Labute approximate surface area is 124 Å². The van der Waals surface area contributed by atoms with Gasteiger partial charge in [-0.05, 0) is 31.0 Å². The van der Waals surface area contributed by atoms with Crippen molar-refractivity contribution in [1.82, 2.24) is 4.31 Å². The molecule has 0 aliphatic heterocycles. The third-order valence-electron chi connectivity index (χ3n) is 2.89. The molecule has 0 amide bonds. The molecule has 0 heterocycles. The molecule has 0 atom stereocenters. The second-order valence-corrected chi connectivity index (χ2v) is 6.82. The first-order chi connectivity index (χ1) is 8.77. The van der Waals surface area contributed by atoms with Crippen LogP contribution >= 0.6 is 23.2 Å². The van der Waals surface area contributed by atoms with Crippen molar-refractivity contribution in [3.8, 4) is 0 Å².